The number of hydrogen-bond acceptors (Lipinski definition) is 3. The second kappa shape index (κ2) is 8.22. The monoisotopic (exact) mass is 377 g/mol. The fourth-order valence-corrected chi connectivity index (χ4v) is 4.18. The summed E-state index contributed by atoms with van der Waals surface area (Å²) in [5.74, 6) is -0.510. The van der Waals surface area contributed by atoms with E-state index in [0.717, 1.165) is 18.7 Å². The minimum Gasteiger partial charge on any atom is -0.466 e. The van der Waals surface area contributed by atoms with Crippen LogP contribution in [0.25, 0.3) is 0 Å². The van der Waals surface area contributed by atoms with Crippen molar-refractivity contribution in [2.75, 3.05) is 19.7 Å². The number of benzene rings is 2. The van der Waals surface area contributed by atoms with Crippen molar-refractivity contribution in [2.24, 2.45) is 5.92 Å². The van der Waals surface area contributed by atoms with E-state index in [1.54, 1.807) is 0 Å². The molecular formula is C20H21Cl2NO2. The number of halogens is 2. The van der Waals surface area contributed by atoms with E-state index in [-0.39, 0.29) is 17.8 Å². The van der Waals surface area contributed by atoms with Gasteiger partial charge < -0.3 is 4.74 Å². The van der Waals surface area contributed by atoms with Gasteiger partial charge in [-0.2, -0.15) is 0 Å². The van der Waals surface area contributed by atoms with Crippen LogP contribution in [0.1, 0.15) is 24.0 Å². The molecule has 0 radical (unpaired) electrons. The third-order valence-corrected chi connectivity index (χ3v) is 5.26. The van der Waals surface area contributed by atoms with Crippen LogP contribution >= 0.6 is 23.2 Å². The first-order valence-corrected chi connectivity index (χ1v) is 9.22. The molecule has 1 heterocycles. The molecule has 5 heteroatoms. The van der Waals surface area contributed by atoms with Gasteiger partial charge in [0.05, 0.1) is 12.5 Å². The summed E-state index contributed by atoms with van der Waals surface area (Å²) >= 11 is 12.8. The number of likely N-dealkylation sites (tertiary alicyclic amines) is 1. The van der Waals surface area contributed by atoms with E-state index in [9.17, 15) is 4.79 Å². The molecule has 3 rings (SSSR count). The smallest absolute Gasteiger partial charge is 0.310 e. The number of ether oxygens (including phenoxy) is 1. The average molecular weight is 378 g/mol. The molecule has 2 unspecified atom stereocenters. The summed E-state index contributed by atoms with van der Waals surface area (Å²) in [6.07, 6.45) is 0. The topological polar surface area (TPSA) is 29.5 Å². The molecule has 3 nitrogen and oxygen atoms in total. The summed E-state index contributed by atoms with van der Waals surface area (Å²) in [5, 5.41) is 1.21. The molecule has 0 spiro atoms. The summed E-state index contributed by atoms with van der Waals surface area (Å²) in [7, 11) is 0. The van der Waals surface area contributed by atoms with E-state index >= 15 is 0 Å². The van der Waals surface area contributed by atoms with Crippen LogP contribution in [0.2, 0.25) is 10.0 Å². The second-order valence-corrected chi connectivity index (χ2v) is 7.09. The lowest BCUT2D eigenvalue weighted by Crippen LogP contribution is -2.25. The lowest BCUT2D eigenvalue weighted by atomic mass is 9.89. The molecule has 0 saturated carbocycles. The molecule has 0 bridgehead atoms. The molecule has 1 saturated heterocycles. The van der Waals surface area contributed by atoms with Crippen molar-refractivity contribution in [1.82, 2.24) is 4.90 Å². The van der Waals surface area contributed by atoms with Gasteiger partial charge in [-0.1, -0.05) is 59.6 Å². The molecule has 0 aromatic heterocycles. The van der Waals surface area contributed by atoms with E-state index < -0.39 is 0 Å². The Morgan fingerprint density at radius 2 is 1.76 bits per heavy atom. The largest absolute Gasteiger partial charge is 0.466 e. The third kappa shape index (κ3) is 4.17. The molecule has 1 aliphatic rings. The molecule has 0 amide bonds. The maximum Gasteiger partial charge on any atom is 0.310 e. The Morgan fingerprint density at radius 3 is 2.40 bits per heavy atom. The molecule has 1 aliphatic heterocycles. The minimum absolute atomic E-state index is 0.0658. The molecule has 2 aromatic rings. The lowest BCUT2D eigenvalue weighted by Gasteiger charge is -2.20. The maximum absolute atomic E-state index is 12.5. The first-order valence-electron chi connectivity index (χ1n) is 8.47. The second-order valence-electron chi connectivity index (χ2n) is 6.28. The first kappa shape index (κ1) is 18.2. The first-order chi connectivity index (χ1) is 12.1. The van der Waals surface area contributed by atoms with Gasteiger partial charge in [0.2, 0.25) is 0 Å². The lowest BCUT2D eigenvalue weighted by molar-refractivity contribution is -0.148. The van der Waals surface area contributed by atoms with Crippen LogP contribution in [0.4, 0.5) is 0 Å². The molecule has 2 aromatic carbocycles. The van der Waals surface area contributed by atoms with Crippen molar-refractivity contribution in [3.63, 3.8) is 0 Å². The Labute approximate surface area is 158 Å². The Morgan fingerprint density at radius 1 is 1.08 bits per heavy atom. The standard InChI is InChI=1S/C20H21Cl2NO2/c1-2-25-20(24)16-13-23(11-14-7-4-3-5-8-14)12-15(16)19-17(21)9-6-10-18(19)22/h3-10,15-16H,2,11-13H2,1H3. The highest BCUT2D eigenvalue weighted by Crippen LogP contribution is 2.41. The van der Waals surface area contributed by atoms with Gasteiger partial charge in [0.25, 0.3) is 0 Å². The predicted octanol–water partition coefficient (Wildman–Crippen LogP) is 4.77. The van der Waals surface area contributed by atoms with Gasteiger partial charge >= 0.3 is 5.97 Å². The van der Waals surface area contributed by atoms with Crippen molar-refractivity contribution in [1.29, 1.82) is 0 Å². The highest BCUT2D eigenvalue weighted by atomic mass is 35.5. The van der Waals surface area contributed by atoms with Crippen LogP contribution in [0.15, 0.2) is 48.5 Å². The van der Waals surface area contributed by atoms with Crippen molar-refractivity contribution < 1.29 is 9.53 Å². The van der Waals surface area contributed by atoms with Crippen LogP contribution in [0.3, 0.4) is 0 Å². The normalized spacial score (nSPS) is 20.6. The number of rotatable bonds is 5. The van der Waals surface area contributed by atoms with Gasteiger partial charge in [-0.15, -0.1) is 0 Å². The van der Waals surface area contributed by atoms with Gasteiger partial charge in [-0.25, -0.2) is 0 Å². The molecular weight excluding hydrogens is 357 g/mol. The predicted molar refractivity (Wildman–Crippen MR) is 101 cm³/mol. The van der Waals surface area contributed by atoms with Crippen LogP contribution < -0.4 is 0 Å². The Hall–Kier alpha value is -1.55. The zero-order valence-electron chi connectivity index (χ0n) is 14.1. The number of esters is 1. The summed E-state index contributed by atoms with van der Waals surface area (Å²) in [4.78, 5) is 14.8. The SMILES string of the molecule is CCOC(=O)C1CN(Cc2ccccc2)CC1c1c(Cl)cccc1Cl. The summed E-state index contributed by atoms with van der Waals surface area (Å²) < 4.78 is 5.30. The molecule has 2 atom stereocenters. The zero-order chi connectivity index (χ0) is 17.8. The van der Waals surface area contributed by atoms with E-state index in [1.807, 2.05) is 43.3 Å². The van der Waals surface area contributed by atoms with Crippen molar-refractivity contribution in [3.05, 3.63) is 69.7 Å². The van der Waals surface area contributed by atoms with E-state index in [2.05, 4.69) is 17.0 Å². The van der Waals surface area contributed by atoms with E-state index in [1.165, 1.54) is 5.56 Å². The van der Waals surface area contributed by atoms with Gasteiger partial charge in [0, 0.05) is 35.6 Å². The van der Waals surface area contributed by atoms with Crippen LogP contribution in [-0.2, 0) is 16.1 Å². The summed E-state index contributed by atoms with van der Waals surface area (Å²) in [6, 6.07) is 15.7. The van der Waals surface area contributed by atoms with Gasteiger partial charge in [0.15, 0.2) is 0 Å². The quantitative estimate of drug-likeness (QED) is 0.702. The number of nitrogens with zero attached hydrogens (tertiary/aromatic N) is 1. The summed E-state index contributed by atoms with van der Waals surface area (Å²) in [5.41, 5.74) is 2.07. The van der Waals surface area contributed by atoms with Crippen LogP contribution in [-0.4, -0.2) is 30.6 Å². The van der Waals surface area contributed by atoms with Crippen molar-refractivity contribution in [2.45, 2.75) is 19.4 Å². The number of carbonyl (C=O) groups excluding carboxylic acids is 1. The summed E-state index contributed by atoms with van der Waals surface area (Å²) in [6.45, 7) is 4.35. The van der Waals surface area contributed by atoms with Crippen LogP contribution in [0.5, 0.6) is 0 Å². The molecule has 0 aliphatic carbocycles. The van der Waals surface area contributed by atoms with E-state index in [0.29, 0.717) is 23.2 Å². The molecule has 0 N–H and O–H groups in total. The van der Waals surface area contributed by atoms with Gasteiger partial charge in [-0.05, 0) is 30.2 Å². The van der Waals surface area contributed by atoms with Crippen molar-refractivity contribution in [3.8, 4) is 0 Å². The molecule has 132 valence electrons. The van der Waals surface area contributed by atoms with Gasteiger partial charge in [0.1, 0.15) is 0 Å². The minimum atomic E-state index is -0.263. The fourth-order valence-electron chi connectivity index (χ4n) is 3.50. The highest BCUT2D eigenvalue weighted by molar-refractivity contribution is 6.36. The Bertz CT molecular complexity index is 715. The third-order valence-electron chi connectivity index (χ3n) is 4.60. The zero-order valence-corrected chi connectivity index (χ0v) is 15.6. The van der Waals surface area contributed by atoms with Crippen LogP contribution in [0, 0.1) is 5.92 Å². The number of hydrogen-bond donors (Lipinski definition) is 0. The van der Waals surface area contributed by atoms with Gasteiger partial charge in [-0.3, -0.25) is 9.69 Å². The highest BCUT2D eigenvalue weighted by Gasteiger charge is 2.41. The Balaban J connectivity index is 1.87. The Kier molecular flexibility index (Phi) is 6.00. The maximum atomic E-state index is 12.5. The molecule has 1 fully saturated rings. The molecule has 25 heavy (non-hydrogen) atoms. The van der Waals surface area contributed by atoms with Crippen molar-refractivity contribution >= 4 is 29.2 Å². The van der Waals surface area contributed by atoms with E-state index in [4.69, 9.17) is 27.9 Å². The average Bonchev–Trinajstić information content (AvgIpc) is 2.99. The fraction of sp³-hybridized carbons (Fsp3) is 0.350. The number of carbonyl (C=O) groups is 1.